The Labute approximate surface area is 226 Å². The zero-order valence-corrected chi connectivity index (χ0v) is 22.8. The molecule has 1 saturated heterocycles. The van der Waals surface area contributed by atoms with Crippen molar-refractivity contribution in [3.63, 3.8) is 0 Å². The highest BCUT2D eigenvalue weighted by Gasteiger charge is 2.46. The molecule has 206 valence electrons. The summed E-state index contributed by atoms with van der Waals surface area (Å²) < 4.78 is 61.3. The van der Waals surface area contributed by atoms with Crippen LogP contribution in [0.5, 0.6) is 23.0 Å². The molecule has 0 spiro atoms. The predicted molar refractivity (Wildman–Crippen MR) is 140 cm³/mol. The summed E-state index contributed by atoms with van der Waals surface area (Å²) in [7, 11) is 0.557. The highest BCUT2D eigenvalue weighted by atomic mass is 32.2. The molecule has 3 aromatic rings. The molecular weight excluding hydrogens is 526 g/mol. The van der Waals surface area contributed by atoms with Gasteiger partial charge in [0.05, 0.1) is 26.2 Å². The van der Waals surface area contributed by atoms with Crippen molar-refractivity contribution < 1.29 is 41.6 Å². The summed E-state index contributed by atoms with van der Waals surface area (Å²) in [5.74, 6) is 1.22. The topological polar surface area (TPSA) is 122 Å². The highest BCUT2D eigenvalue weighted by Crippen LogP contribution is 2.56. The summed E-state index contributed by atoms with van der Waals surface area (Å²) in [6.45, 7) is 2.15. The number of epoxide rings is 1. The fourth-order valence-electron chi connectivity index (χ4n) is 4.68. The number of carbonyl (C=O) groups is 1. The maximum atomic E-state index is 12.8. The molecule has 3 aromatic carbocycles. The van der Waals surface area contributed by atoms with Crippen LogP contribution >= 0.6 is 0 Å². The molecule has 2 atom stereocenters. The van der Waals surface area contributed by atoms with Crippen LogP contribution in [0.4, 0.5) is 0 Å². The Morgan fingerprint density at radius 2 is 1.64 bits per heavy atom. The average Bonchev–Trinajstić information content (AvgIpc) is 3.60. The summed E-state index contributed by atoms with van der Waals surface area (Å²) in [6.07, 6.45) is -0.508. The Morgan fingerprint density at radius 1 is 0.949 bits per heavy atom. The van der Waals surface area contributed by atoms with Crippen LogP contribution < -0.4 is 23.7 Å². The highest BCUT2D eigenvalue weighted by molar-refractivity contribution is 7.89. The molecule has 0 amide bonds. The van der Waals surface area contributed by atoms with E-state index >= 15 is 0 Å². The number of esters is 1. The molecule has 39 heavy (non-hydrogen) atoms. The van der Waals surface area contributed by atoms with E-state index in [1.807, 2.05) is 19.1 Å². The van der Waals surface area contributed by atoms with Gasteiger partial charge in [-0.25, -0.2) is 17.9 Å². The van der Waals surface area contributed by atoms with Crippen molar-refractivity contribution in [2.24, 2.45) is 0 Å². The third-order valence-corrected chi connectivity index (χ3v) is 8.20. The first-order valence-electron chi connectivity index (χ1n) is 12.2. The molecule has 0 saturated carbocycles. The Balaban J connectivity index is 1.42. The van der Waals surface area contributed by atoms with Crippen molar-refractivity contribution >= 4 is 16.0 Å². The standard InChI is InChI=1S/C28H29NO9S/c1-16-5-7-18(8-6-16)39(31,32)29-12-11-17-13-22-23(37-15-36-22)14-20(17)26-25(38-26)19-9-10-21(33-2)27(34-3)24(19)28(30)35-4/h5-10,13-14,25-26,29H,11-12,15H2,1-4H3/t25-,26-/m1/s1. The van der Waals surface area contributed by atoms with Gasteiger partial charge in [-0.1, -0.05) is 23.8 Å². The molecule has 10 nitrogen and oxygen atoms in total. The number of hydrogen-bond acceptors (Lipinski definition) is 9. The zero-order valence-electron chi connectivity index (χ0n) is 22.0. The minimum atomic E-state index is -3.68. The van der Waals surface area contributed by atoms with Gasteiger partial charge in [-0.15, -0.1) is 0 Å². The molecular formula is C28H29NO9S. The Morgan fingerprint density at radius 3 is 2.31 bits per heavy atom. The van der Waals surface area contributed by atoms with Gasteiger partial charge in [0.25, 0.3) is 0 Å². The molecule has 0 aromatic heterocycles. The number of aryl methyl sites for hydroxylation is 1. The van der Waals surface area contributed by atoms with Crippen LogP contribution in [0.2, 0.25) is 0 Å². The van der Waals surface area contributed by atoms with E-state index in [0.29, 0.717) is 29.2 Å². The lowest BCUT2D eigenvalue weighted by Gasteiger charge is -2.15. The monoisotopic (exact) mass is 555 g/mol. The van der Waals surface area contributed by atoms with Gasteiger partial charge in [0.1, 0.15) is 17.8 Å². The van der Waals surface area contributed by atoms with E-state index in [1.165, 1.54) is 21.3 Å². The van der Waals surface area contributed by atoms with Gasteiger partial charge in [-0.3, -0.25) is 0 Å². The predicted octanol–water partition coefficient (Wildman–Crippen LogP) is 3.86. The summed E-state index contributed by atoms with van der Waals surface area (Å²) in [6, 6.07) is 13.8. The van der Waals surface area contributed by atoms with Gasteiger partial charge in [0, 0.05) is 12.1 Å². The van der Waals surface area contributed by atoms with Gasteiger partial charge in [0.15, 0.2) is 23.0 Å². The first kappa shape index (κ1) is 26.8. The molecule has 1 fully saturated rings. The number of sulfonamides is 1. The fraction of sp³-hybridized carbons (Fsp3) is 0.321. The fourth-order valence-corrected chi connectivity index (χ4v) is 5.71. The number of hydrogen-bond donors (Lipinski definition) is 1. The van der Waals surface area contributed by atoms with Crippen LogP contribution in [0, 0.1) is 6.92 Å². The quantitative estimate of drug-likeness (QED) is 0.294. The van der Waals surface area contributed by atoms with Gasteiger partial charge >= 0.3 is 5.97 Å². The molecule has 0 aliphatic carbocycles. The first-order valence-corrected chi connectivity index (χ1v) is 13.7. The van der Waals surface area contributed by atoms with Crippen molar-refractivity contribution in [1.82, 2.24) is 4.72 Å². The van der Waals surface area contributed by atoms with E-state index in [-0.39, 0.29) is 29.5 Å². The third kappa shape index (κ3) is 5.25. The van der Waals surface area contributed by atoms with Crippen molar-refractivity contribution in [2.45, 2.75) is 30.4 Å². The molecule has 1 N–H and O–H groups in total. The molecule has 0 bridgehead atoms. The van der Waals surface area contributed by atoms with Crippen LogP contribution in [0.25, 0.3) is 0 Å². The van der Waals surface area contributed by atoms with E-state index in [4.69, 9.17) is 28.4 Å². The second-order valence-corrected chi connectivity index (χ2v) is 10.9. The summed E-state index contributed by atoms with van der Waals surface area (Å²) in [5, 5.41) is 0. The van der Waals surface area contributed by atoms with E-state index in [1.54, 1.807) is 36.4 Å². The number of ether oxygens (including phenoxy) is 6. The number of carbonyl (C=O) groups excluding carboxylic acids is 1. The lowest BCUT2D eigenvalue weighted by Crippen LogP contribution is -2.26. The van der Waals surface area contributed by atoms with Crippen LogP contribution in [-0.4, -0.2) is 49.1 Å². The molecule has 5 rings (SSSR count). The minimum absolute atomic E-state index is 0.0927. The van der Waals surface area contributed by atoms with Crippen molar-refractivity contribution in [1.29, 1.82) is 0 Å². The van der Waals surface area contributed by atoms with Crippen LogP contribution in [0.15, 0.2) is 53.4 Å². The minimum Gasteiger partial charge on any atom is -0.493 e. The largest absolute Gasteiger partial charge is 0.493 e. The van der Waals surface area contributed by atoms with Crippen molar-refractivity contribution in [3.05, 3.63) is 76.3 Å². The second-order valence-electron chi connectivity index (χ2n) is 9.10. The van der Waals surface area contributed by atoms with Crippen molar-refractivity contribution in [2.75, 3.05) is 34.7 Å². The summed E-state index contributed by atoms with van der Waals surface area (Å²) in [4.78, 5) is 12.9. The maximum Gasteiger partial charge on any atom is 0.342 e. The number of nitrogens with one attached hydrogen (secondary N) is 1. The van der Waals surface area contributed by atoms with Gasteiger partial charge in [-0.2, -0.15) is 0 Å². The number of fused-ring (bicyclic) bond motifs is 1. The molecule has 2 heterocycles. The number of benzene rings is 3. The summed E-state index contributed by atoms with van der Waals surface area (Å²) >= 11 is 0. The lowest BCUT2D eigenvalue weighted by molar-refractivity contribution is 0.0594. The molecule has 0 unspecified atom stereocenters. The van der Waals surface area contributed by atoms with Crippen LogP contribution in [0.1, 0.15) is 44.8 Å². The first-order chi connectivity index (χ1) is 18.8. The number of methoxy groups -OCH3 is 3. The van der Waals surface area contributed by atoms with Gasteiger partial charge in [-0.05, 0) is 54.8 Å². The van der Waals surface area contributed by atoms with E-state index in [9.17, 15) is 13.2 Å². The van der Waals surface area contributed by atoms with Gasteiger partial charge < -0.3 is 28.4 Å². The normalized spacial score (nSPS) is 17.5. The Bertz CT molecular complexity index is 1500. The second kappa shape index (κ2) is 10.8. The van der Waals surface area contributed by atoms with Crippen LogP contribution in [-0.2, 0) is 25.9 Å². The molecule has 2 aliphatic rings. The third-order valence-electron chi connectivity index (χ3n) is 6.72. The smallest absolute Gasteiger partial charge is 0.342 e. The lowest BCUT2D eigenvalue weighted by atomic mass is 9.94. The van der Waals surface area contributed by atoms with Crippen LogP contribution in [0.3, 0.4) is 0 Å². The maximum absolute atomic E-state index is 12.8. The Hall–Kier alpha value is -3.80. The van der Waals surface area contributed by atoms with Gasteiger partial charge in [0.2, 0.25) is 16.8 Å². The average molecular weight is 556 g/mol. The number of rotatable bonds is 10. The van der Waals surface area contributed by atoms with E-state index in [0.717, 1.165) is 16.7 Å². The van der Waals surface area contributed by atoms with E-state index < -0.39 is 28.2 Å². The SMILES string of the molecule is COC(=O)c1c([C@H]2O[C@@H]2c2cc3c(cc2CCNS(=O)(=O)c2ccc(C)cc2)OCO3)ccc(OC)c1OC. The Kier molecular flexibility index (Phi) is 7.39. The molecule has 2 aliphatic heterocycles. The zero-order chi connectivity index (χ0) is 27.7. The molecule has 11 heteroatoms. The van der Waals surface area contributed by atoms with E-state index in [2.05, 4.69) is 4.72 Å². The molecule has 0 radical (unpaired) electrons. The van der Waals surface area contributed by atoms with Crippen molar-refractivity contribution in [3.8, 4) is 23.0 Å². The summed E-state index contributed by atoms with van der Waals surface area (Å²) in [5.41, 5.74) is 3.43.